The van der Waals surface area contributed by atoms with Gasteiger partial charge in [-0.15, -0.1) is 10.2 Å². The van der Waals surface area contributed by atoms with Gasteiger partial charge in [-0.05, 0) is 43.3 Å². The van der Waals surface area contributed by atoms with E-state index in [9.17, 15) is 9.59 Å². The second-order valence-corrected chi connectivity index (χ2v) is 6.98. The van der Waals surface area contributed by atoms with Gasteiger partial charge in [0.2, 0.25) is 11.1 Å². The molecular formula is C18H16ClN5O2S. The molecule has 1 aromatic heterocycles. The van der Waals surface area contributed by atoms with Crippen LogP contribution in [0.1, 0.15) is 17.3 Å². The molecule has 0 spiro atoms. The largest absolute Gasteiger partial charge is 0.335 e. The highest BCUT2D eigenvalue weighted by Crippen LogP contribution is 2.27. The van der Waals surface area contributed by atoms with Crippen molar-refractivity contribution in [3.05, 3.63) is 59.1 Å². The van der Waals surface area contributed by atoms with Crippen molar-refractivity contribution in [3.63, 3.8) is 0 Å². The fourth-order valence-corrected chi connectivity index (χ4v) is 3.19. The van der Waals surface area contributed by atoms with Gasteiger partial charge in [0, 0.05) is 16.8 Å². The lowest BCUT2D eigenvalue weighted by molar-refractivity contribution is -0.113. The summed E-state index contributed by atoms with van der Waals surface area (Å²) in [5.74, 6) is 6.31. The van der Waals surface area contributed by atoms with Gasteiger partial charge in [0.05, 0.1) is 10.8 Å². The van der Waals surface area contributed by atoms with E-state index in [2.05, 4.69) is 15.5 Å². The van der Waals surface area contributed by atoms with Crippen LogP contribution in [0, 0.1) is 0 Å². The zero-order valence-electron chi connectivity index (χ0n) is 14.3. The first kappa shape index (κ1) is 18.9. The number of nitrogens with one attached hydrogen (secondary N) is 1. The first-order chi connectivity index (χ1) is 13.0. The summed E-state index contributed by atoms with van der Waals surface area (Å²) < 4.78 is 1.31. The number of nitrogens with two attached hydrogens (primary N) is 1. The normalized spacial score (nSPS) is 10.6. The molecule has 0 aliphatic rings. The van der Waals surface area contributed by atoms with Crippen LogP contribution in [0.5, 0.6) is 0 Å². The SMILES string of the molecule is CC(=O)c1ccc(NC(=O)CSc2nnc(-c3ccccc3Cl)n2N)cc1. The van der Waals surface area contributed by atoms with Crippen LogP contribution in [0.3, 0.4) is 0 Å². The number of hydrogen-bond donors (Lipinski definition) is 2. The number of amides is 1. The first-order valence-electron chi connectivity index (χ1n) is 7.94. The minimum absolute atomic E-state index is 0.0277. The molecule has 1 heterocycles. The van der Waals surface area contributed by atoms with Gasteiger partial charge in [-0.25, -0.2) is 4.68 Å². The number of carbonyl (C=O) groups is 2. The Balaban J connectivity index is 1.62. The van der Waals surface area contributed by atoms with Crippen molar-refractivity contribution in [1.29, 1.82) is 0 Å². The average molecular weight is 402 g/mol. The van der Waals surface area contributed by atoms with Crippen molar-refractivity contribution < 1.29 is 9.59 Å². The van der Waals surface area contributed by atoms with E-state index in [1.165, 1.54) is 11.6 Å². The summed E-state index contributed by atoms with van der Waals surface area (Å²) in [6, 6.07) is 13.9. The third kappa shape index (κ3) is 4.47. The zero-order chi connectivity index (χ0) is 19.4. The number of carbonyl (C=O) groups excluding carboxylic acids is 2. The van der Waals surface area contributed by atoms with Gasteiger partial charge in [0.25, 0.3) is 0 Å². The number of Topliss-reactive ketones (excluding diaryl/α,β-unsaturated/α-hetero) is 1. The third-order valence-electron chi connectivity index (χ3n) is 3.69. The Hall–Kier alpha value is -2.84. The van der Waals surface area contributed by atoms with Crippen molar-refractivity contribution in [3.8, 4) is 11.4 Å². The third-order valence-corrected chi connectivity index (χ3v) is 4.96. The number of benzene rings is 2. The zero-order valence-corrected chi connectivity index (χ0v) is 15.9. The van der Waals surface area contributed by atoms with E-state index >= 15 is 0 Å². The molecule has 9 heteroatoms. The van der Waals surface area contributed by atoms with Gasteiger partial charge >= 0.3 is 0 Å². The van der Waals surface area contributed by atoms with Crippen molar-refractivity contribution in [2.24, 2.45) is 0 Å². The highest BCUT2D eigenvalue weighted by molar-refractivity contribution is 7.99. The lowest BCUT2D eigenvalue weighted by Gasteiger charge is -2.06. The van der Waals surface area contributed by atoms with Gasteiger partial charge < -0.3 is 11.2 Å². The van der Waals surface area contributed by atoms with Crippen LogP contribution in [-0.2, 0) is 4.79 Å². The molecule has 3 aromatic rings. The molecule has 3 N–H and O–H groups in total. The van der Waals surface area contributed by atoms with E-state index in [1.54, 1.807) is 36.4 Å². The maximum absolute atomic E-state index is 12.1. The molecule has 0 aliphatic carbocycles. The molecule has 2 aromatic carbocycles. The maximum Gasteiger partial charge on any atom is 0.234 e. The quantitative estimate of drug-likeness (QED) is 0.373. The van der Waals surface area contributed by atoms with E-state index in [0.717, 1.165) is 11.8 Å². The monoisotopic (exact) mass is 401 g/mol. The molecule has 0 fully saturated rings. The molecule has 0 atom stereocenters. The number of aromatic nitrogens is 3. The van der Waals surface area contributed by atoms with E-state index in [1.807, 2.05) is 12.1 Å². The Kier molecular flexibility index (Phi) is 5.78. The Bertz CT molecular complexity index is 988. The summed E-state index contributed by atoms with van der Waals surface area (Å²) >= 11 is 7.32. The summed E-state index contributed by atoms with van der Waals surface area (Å²) in [6.45, 7) is 1.49. The summed E-state index contributed by atoms with van der Waals surface area (Å²) in [5, 5.41) is 11.7. The number of nitrogen functional groups attached to an aromatic ring is 1. The molecule has 3 rings (SSSR count). The molecule has 0 bridgehead atoms. The number of thioether (sulfide) groups is 1. The van der Waals surface area contributed by atoms with Crippen LogP contribution < -0.4 is 11.2 Å². The standard InChI is InChI=1S/C18H16ClN5O2S/c1-11(25)12-6-8-13(9-7-12)21-16(26)10-27-18-23-22-17(24(18)20)14-4-2-3-5-15(14)19/h2-9H,10,20H2,1H3,(H,21,26). The van der Waals surface area contributed by atoms with Crippen molar-refractivity contribution in [2.75, 3.05) is 16.9 Å². The summed E-state index contributed by atoms with van der Waals surface area (Å²) in [5.41, 5.74) is 1.86. The first-order valence-corrected chi connectivity index (χ1v) is 9.31. The molecule has 27 heavy (non-hydrogen) atoms. The van der Waals surface area contributed by atoms with Crippen LogP contribution in [0.4, 0.5) is 5.69 Å². The highest BCUT2D eigenvalue weighted by Gasteiger charge is 2.15. The van der Waals surface area contributed by atoms with Gasteiger partial charge in [0.15, 0.2) is 11.6 Å². The second kappa shape index (κ2) is 8.24. The highest BCUT2D eigenvalue weighted by atomic mass is 35.5. The van der Waals surface area contributed by atoms with Crippen LogP contribution in [0.15, 0.2) is 53.7 Å². The molecule has 0 unspecified atom stereocenters. The predicted octanol–water partition coefficient (Wildman–Crippen LogP) is 3.25. The molecule has 0 saturated heterocycles. The summed E-state index contributed by atoms with van der Waals surface area (Å²) in [6.07, 6.45) is 0. The van der Waals surface area contributed by atoms with E-state index in [-0.39, 0.29) is 17.4 Å². The molecule has 138 valence electrons. The molecule has 0 aliphatic heterocycles. The Morgan fingerprint density at radius 3 is 2.52 bits per heavy atom. The molecule has 7 nitrogen and oxygen atoms in total. The average Bonchev–Trinajstić information content (AvgIpc) is 3.01. The smallest absolute Gasteiger partial charge is 0.234 e. The summed E-state index contributed by atoms with van der Waals surface area (Å²) in [7, 11) is 0. The second-order valence-electron chi connectivity index (χ2n) is 5.63. The molecule has 1 amide bonds. The van der Waals surface area contributed by atoms with Crippen molar-refractivity contribution in [1.82, 2.24) is 14.9 Å². The number of halogens is 1. The van der Waals surface area contributed by atoms with Gasteiger partial charge in [-0.1, -0.05) is 35.5 Å². The van der Waals surface area contributed by atoms with Crippen LogP contribution in [-0.4, -0.2) is 32.3 Å². The Morgan fingerprint density at radius 2 is 1.85 bits per heavy atom. The number of nitrogens with zero attached hydrogens (tertiary/aromatic N) is 3. The number of hydrogen-bond acceptors (Lipinski definition) is 6. The minimum Gasteiger partial charge on any atom is -0.335 e. The molecule has 0 saturated carbocycles. The minimum atomic E-state index is -0.224. The van der Waals surface area contributed by atoms with Crippen molar-refractivity contribution in [2.45, 2.75) is 12.1 Å². The fourth-order valence-electron chi connectivity index (χ4n) is 2.32. The van der Waals surface area contributed by atoms with Crippen LogP contribution in [0.2, 0.25) is 5.02 Å². The van der Waals surface area contributed by atoms with Gasteiger partial charge in [0.1, 0.15) is 0 Å². The molecule has 0 radical (unpaired) electrons. The number of ketones is 1. The summed E-state index contributed by atoms with van der Waals surface area (Å²) in [4.78, 5) is 23.4. The van der Waals surface area contributed by atoms with Crippen LogP contribution in [0.25, 0.3) is 11.4 Å². The van der Waals surface area contributed by atoms with Gasteiger partial charge in [-0.3, -0.25) is 9.59 Å². The van der Waals surface area contributed by atoms with E-state index in [0.29, 0.717) is 32.8 Å². The van der Waals surface area contributed by atoms with E-state index in [4.69, 9.17) is 17.4 Å². The lowest BCUT2D eigenvalue weighted by atomic mass is 10.1. The number of anilines is 1. The predicted molar refractivity (Wildman–Crippen MR) is 106 cm³/mol. The Labute approximate surface area is 164 Å². The Morgan fingerprint density at radius 1 is 1.15 bits per heavy atom. The van der Waals surface area contributed by atoms with E-state index < -0.39 is 0 Å². The number of rotatable bonds is 6. The maximum atomic E-state index is 12.1. The molecular weight excluding hydrogens is 386 g/mol. The van der Waals surface area contributed by atoms with Gasteiger partial charge in [-0.2, -0.15) is 0 Å². The fraction of sp³-hybridized carbons (Fsp3) is 0.111. The topological polar surface area (TPSA) is 103 Å². The van der Waals surface area contributed by atoms with Crippen molar-refractivity contribution >= 4 is 40.7 Å². The lowest BCUT2D eigenvalue weighted by Crippen LogP contribution is -2.16. The van der Waals surface area contributed by atoms with Crippen LogP contribution >= 0.6 is 23.4 Å².